The van der Waals surface area contributed by atoms with E-state index in [1.807, 2.05) is 42.5 Å². The molecule has 4 nitrogen and oxygen atoms in total. The molecular weight excluding hydrogens is 384 g/mol. The van der Waals surface area contributed by atoms with Gasteiger partial charge in [0.25, 0.3) is 0 Å². The lowest BCUT2D eigenvalue weighted by atomic mass is 10.1. The fraction of sp³-hybridized carbons (Fsp3) is 0.111. The number of aliphatic imine (C=N–C) groups is 1. The van der Waals surface area contributed by atoms with E-state index in [4.69, 9.17) is 4.74 Å². The van der Waals surface area contributed by atoms with Gasteiger partial charge in [-0.05, 0) is 49.8 Å². The molecule has 0 saturated heterocycles. The molecule has 0 N–H and O–H groups in total. The number of rotatable bonds is 4. The van der Waals surface area contributed by atoms with Crippen LogP contribution in [0.25, 0.3) is 17.0 Å². The molecule has 4 aromatic rings. The molecule has 0 saturated carbocycles. The molecule has 1 aliphatic rings. The number of carbonyl (C=O) groups is 1. The third kappa shape index (κ3) is 3.57. The number of hydrogen-bond acceptors (Lipinski definition) is 3. The fourth-order valence-corrected chi connectivity index (χ4v) is 4.02. The van der Waals surface area contributed by atoms with E-state index in [1.165, 1.54) is 11.1 Å². The lowest BCUT2D eigenvalue weighted by Gasteiger charge is -2.09. The summed E-state index contributed by atoms with van der Waals surface area (Å²) in [6.07, 6.45) is 1.86. The molecule has 0 fully saturated rings. The Labute approximate surface area is 181 Å². The van der Waals surface area contributed by atoms with Gasteiger partial charge in [0.1, 0.15) is 0 Å². The summed E-state index contributed by atoms with van der Waals surface area (Å²) in [6.45, 7) is 4.93. The van der Waals surface area contributed by atoms with Crippen LogP contribution in [0.3, 0.4) is 0 Å². The molecule has 5 rings (SSSR count). The molecule has 152 valence electrons. The van der Waals surface area contributed by atoms with E-state index < -0.39 is 5.97 Å². The Morgan fingerprint density at radius 1 is 0.935 bits per heavy atom. The minimum atomic E-state index is -0.421. The van der Waals surface area contributed by atoms with E-state index in [9.17, 15) is 4.79 Å². The molecular formula is C27H22N2O2. The van der Waals surface area contributed by atoms with E-state index in [1.54, 1.807) is 0 Å². The standard InChI is InChI=1S/C27H22N2O2/c1-18-13-14-25-23(15-18)22(19(2)29(25)17-20-9-5-3-6-10-20)16-24-27(30)31-26(28-24)21-11-7-4-8-12-21/h3-16H,17H2,1-2H3/b24-16+. The van der Waals surface area contributed by atoms with Crippen molar-refractivity contribution in [3.8, 4) is 0 Å². The Morgan fingerprint density at radius 2 is 1.65 bits per heavy atom. The predicted octanol–water partition coefficient (Wildman–Crippen LogP) is 5.65. The Bertz CT molecular complexity index is 1350. The van der Waals surface area contributed by atoms with Gasteiger partial charge < -0.3 is 9.30 Å². The Hall–Kier alpha value is -3.92. The quantitative estimate of drug-likeness (QED) is 0.325. The first kappa shape index (κ1) is 19.1. The second kappa shape index (κ2) is 7.73. The van der Waals surface area contributed by atoms with Crippen molar-refractivity contribution in [2.75, 3.05) is 0 Å². The Morgan fingerprint density at radius 3 is 2.39 bits per heavy atom. The van der Waals surface area contributed by atoms with Gasteiger partial charge in [-0.1, -0.05) is 60.2 Å². The van der Waals surface area contributed by atoms with Gasteiger partial charge in [0, 0.05) is 34.3 Å². The van der Waals surface area contributed by atoms with Crippen molar-refractivity contribution in [3.05, 3.63) is 113 Å². The van der Waals surface area contributed by atoms with Crippen LogP contribution in [-0.4, -0.2) is 16.4 Å². The predicted molar refractivity (Wildman–Crippen MR) is 124 cm³/mol. The first-order chi connectivity index (χ1) is 15.1. The summed E-state index contributed by atoms with van der Waals surface area (Å²) in [5.41, 5.74) is 6.74. The summed E-state index contributed by atoms with van der Waals surface area (Å²) in [5.74, 6) is -0.0754. The average molecular weight is 406 g/mol. The first-order valence-corrected chi connectivity index (χ1v) is 10.3. The van der Waals surface area contributed by atoms with Crippen molar-refractivity contribution in [3.63, 3.8) is 0 Å². The molecule has 1 aromatic heterocycles. The second-order valence-electron chi connectivity index (χ2n) is 7.79. The van der Waals surface area contributed by atoms with Gasteiger partial charge in [0.05, 0.1) is 0 Å². The zero-order valence-corrected chi connectivity index (χ0v) is 17.5. The minimum Gasteiger partial charge on any atom is -0.402 e. The van der Waals surface area contributed by atoms with E-state index in [0.717, 1.165) is 34.3 Å². The van der Waals surface area contributed by atoms with Gasteiger partial charge in [-0.3, -0.25) is 0 Å². The zero-order chi connectivity index (χ0) is 21.4. The van der Waals surface area contributed by atoms with Crippen molar-refractivity contribution in [1.29, 1.82) is 0 Å². The monoisotopic (exact) mass is 406 g/mol. The molecule has 0 amide bonds. The van der Waals surface area contributed by atoms with Crippen molar-refractivity contribution < 1.29 is 9.53 Å². The number of hydrogen-bond donors (Lipinski definition) is 0. The van der Waals surface area contributed by atoms with Gasteiger partial charge in [-0.15, -0.1) is 0 Å². The topological polar surface area (TPSA) is 43.6 Å². The van der Waals surface area contributed by atoms with Crippen LogP contribution in [0.4, 0.5) is 0 Å². The molecule has 4 heteroatoms. The van der Waals surface area contributed by atoms with Crippen LogP contribution in [0.5, 0.6) is 0 Å². The SMILES string of the molecule is Cc1ccc2c(c1)c(/C=C1/N=C(c3ccccc3)OC1=O)c(C)n2Cc1ccccc1. The number of carbonyl (C=O) groups excluding carboxylic acids is 1. The number of benzene rings is 3. The van der Waals surface area contributed by atoms with Gasteiger partial charge >= 0.3 is 5.97 Å². The average Bonchev–Trinajstić information content (AvgIpc) is 3.28. The van der Waals surface area contributed by atoms with Crippen LogP contribution in [-0.2, 0) is 16.1 Å². The number of ether oxygens (including phenoxy) is 1. The number of fused-ring (bicyclic) bond motifs is 1. The molecule has 1 aliphatic heterocycles. The van der Waals surface area contributed by atoms with Crippen LogP contribution < -0.4 is 0 Å². The molecule has 0 unspecified atom stereocenters. The van der Waals surface area contributed by atoms with Crippen molar-refractivity contribution in [1.82, 2.24) is 4.57 Å². The van der Waals surface area contributed by atoms with Crippen LogP contribution in [0, 0.1) is 13.8 Å². The normalized spacial score (nSPS) is 14.8. The van der Waals surface area contributed by atoms with Crippen molar-refractivity contribution in [2.45, 2.75) is 20.4 Å². The van der Waals surface area contributed by atoms with E-state index in [2.05, 4.69) is 65.9 Å². The summed E-state index contributed by atoms with van der Waals surface area (Å²) in [5, 5.41) is 1.11. The summed E-state index contributed by atoms with van der Waals surface area (Å²) in [6, 6.07) is 26.3. The Kier molecular flexibility index (Phi) is 4.75. The highest BCUT2D eigenvalue weighted by molar-refractivity contribution is 6.13. The molecule has 31 heavy (non-hydrogen) atoms. The molecule has 0 atom stereocenters. The van der Waals surface area contributed by atoms with Crippen molar-refractivity contribution >= 4 is 28.8 Å². The molecule has 0 aliphatic carbocycles. The highest BCUT2D eigenvalue weighted by atomic mass is 16.6. The minimum absolute atomic E-state index is 0.322. The maximum Gasteiger partial charge on any atom is 0.363 e. The number of aromatic nitrogens is 1. The number of cyclic esters (lactones) is 1. The number of nitrogens with zero attached hydrogens (tertiary/aromatic N) is 2. The highest BCUT2D eigenvalue weighted by Gasteiger charge is 2.25. The summed E-state index contributed by atoms with van der Waals surface area (Å²) in [4.78, 5) is 17.1. The number of esters is 1. The van der Waals surface area contributed by atoms with E-state index >= 15 is 0 Å². The molecule has 0 spiro atoms. The Balaban J connectivity index is 1.63. The largest absolute Gasteiger partial charge is 0.402 e. The summed E-state index contributed by atoms with van der Waals surface area (Å²) >= 11 is 0. The maximum atomic E-state index is 12.6. The van der Waals surface area contributed by atoms with Crippen LogP contribution >= 0.6 is 0 Å². The zero-order valence-electron chi connectivity index (χ0n) is 17.5. The smallest absolute Gasteiger partial charge is 0.363 e. The fourth-order valence-electron chi connectivity index (χ4n) is 4.02. The lowest BCUT2D eigenvalue weighted by Crippen LogP contribution is -2.05. The number of aryl methyl sites for hydroxylation is 1. The van der Waals surface area contributed by atoms with Gasteiger partial charge in [0.2, 0.25) is 5.90 Å². The summed E-state index contributed by atoms with van der Waals surface area (Å²) < 4.78 is 7.74. The third-order valence-electron chi connectivity index (χ3n) is 5.63. The second-order valence-corrected chi connectivity index (χ2v) is 7.79. The van der Waals surface area contributed by atoms with Gasteiger partial charge in [-0.2, -0.15) is 0 Å². The maximum absolute atomic E-state index is 12.6. The van der Waals surface area contributed by atoms with Gasteiger partial charge in [-0.25, -0.2) is 9.79 Å². The third-order valence-corrected chi connectivity index (χ3v) is 5.63. The first-order valence-electron chi connectivity index (χ1n) is 10.3. The lowest BCUT2D eigenvalue weighted by molar-refractivity contribution is -0.129. The van der Waals surface area contributed by atoms with Crippen LogP contribution in [0.1, 0.15) is 27.9 Å². The van der Waals surface area contributed by atoms with Crippen LogP contribution in [0.2, 0.25) is 0 Å². The van der Waals surface area contributed by atoms with Crippen LogP contribution in [0.15, 0.2) is 89.6 Å². The summed E-state index contributed by atoms with van der Waals surface area (Å²) in [7, 11) is 0. The van der Waals surface area contributed by atoms with Gasteiger partial charge in [0.15, 0.2) is 5.70 Å². The molecule has 2 heterocycles. The molecule has 3 aromatic carbocycles. The molecule has 0 bridgehead atoms. The highest BCUT2D eigenvalue weighted by Crippen LogP contribution is 2.31. The van der Waals surface area contributed by atoms with Crippen molar-refractivity contribution in [2.24, 2.45) is 4.99 Å². The van der Waals surface area contributed by atoms with E-state index in [0.29, 0.717) is 11.6 Å². The van der Waals surface area contributed by atoms with E-state index in [-0.39, 0.29) is 0 Å². The molecule has 0 radical (unpaired) electrons.